The normalized spacial score (nSPS) is 20.3. The summed E-state index contributed by atoms with van der Waals surface area (Å²) in [6.07, 6.45) is 1.35. The van der Waals surface area contributed by atoms with E-state index in [1.165, 1.54) is 18.3 Å². The van der Waals surface area contributed by atoms with Gasteiger partial charge in [-0.1, -0.05) is 12.1 Å². The molecule has 1 unspecified atom stereocenters. The van der Waals surface area contributed by atoms with Crippen molar-refractivity contribution < 1.29 is 18.3 Å². The summed E-state index contributed by atoms with van der Waals surface area (Å²) in [5.41, 5.74) is 3.17. The number of carbonyl (C=O) groups is 1. The molecule has 1 aliphatic heterocycles. The quantitative estimate of drug-likeness (QED) is 0.864. The van der Waals surface area contributed by atoms with Crippen LogP contribution in [0.3, 0.4) is 0 Å². The van der Waals surface area contributed by atoms with Crippen LogP contribution in [0.5, 0.6) is 5.75 Å². The molecule has 0 spiro atoms. The Morgan fingerprint density at radius 2 is 2.30 bits per heavy atom. The van der Waals surface area contributed by atoms with Crippen LogP contribution in [0.15, 0.2) is 34.4 Å². The van der Waals surface area contributed by atoms with E-state index >= 15 is 0 Å². The van der Waals surface area contributed by atoms with Gasteiger partial charge in [0.15, 0.2) is 5.38 Å². The van der Waals surface area contributed by atoms with Gasteiger partial charge in [0.05, 0.1) is 18.5 Å². The minimum atomic E-state index is -2.88. The number of hydrogen-bond acceptors (Lipinski definition) is 4. The molecule has 0 saturated heterocycles. The highest BCUT2D eigenvalue weighted by Gasteiger charge is 2.23. The predicted octanol–water partition coefficient (Wildman–Crippen LogP) is 1.95. The van der Waals surface area contributed by atoms with Gasteiger partial charge in [0.2, 0.25) is 0 Å². The average molecular weight is 302 g/mol. The molecule has 0 fully saturated rings. The molecule has 0 bridgehead atoms. The number of ether oxygens (including phenoxy) is 1. The second-order valence-electron chi connectivity index (χ2n) is 3.86. The fraction of sp³-hybridized carbons (Fsp3) is 0.250. The Labute approximate surface area is 118 Å². The van der Waals surface area contributed by atoms with Crippen LogP contribution in [0.4, 0.5) is 8.78 Å². The summed E-state index contributed by atoms with van der Waals surface area (Å²) in [6.45, 7) is -2.70. The standard InChI is InChI=1S/C12H10ClF2N3O2/c13-10-9(6-17-18-11(10)19)16-5-7-2-1-3-8(4-7)20-12(14)15/h1-4,6,10,12H,5H2,(H,18,19). The van der Waals surface area contributed by atoms with Crippen LogP contribution in [0.2, 0.25) is 0 Å². The molecule has 2 rings (SSSR count). The number of halogens is 3. The third-order valence-electron chi connectivity index (χ3n) is 2.43. The van der Waals surface area contributed by atoms with Crippen LogP contribution in [0.25, 0.3) is 0 Å². The molecule has 1 aromatic carbocycles. The summed E-state index contributed by atoms with van der Waals surface area (Å²) in [5, 5.41) is 2.69. The first-order valence-corrected chi connectivity index (χ1v) is 6.05. The Morgan fingerprint density at radius 1 is 1.50 bits per heavy atom. The summed E-state index contributed by atoms with van der Waals surface area (Å²) in [4.78, 5) is 15.4. The Morgan fingerprint density at radius 3 is 3.05 bits per heavy atom. The van der Waals surface area contributed by atoms with Crippen molar-refractivity contribution in [2.75, 3.05) is 0 Å². The van der Waals surface area contributed by atoms with Crippen molar-refractivity contribution in [2.45, 2.75) is 18.5 Å². The van der Waals surface area contributed by atoms with Crippen LogP contribution in [-0.4, -0.2) is 29.8 Å². The number of nitrogens with zero attached hydrogens (tertiary/aromatic N) is 2. The maximum atomic E-state index is 12.1. The zero-order valence-electron chi connectivity index (χ0n) is 10.1. The zero-order valence-corrected chi connectivity index (χ0v) is 10.8. The first-order chi connectivity index (χ1) is 9.56. The Balaban J connectivity index is 2.08. The van der Waals surface area contributed by atoms with Crippen molar-refractivity contribution in [3.63, 3.8) is 0 Å². The third-order valence-corrected chi connectivity index (χ3v) is 2.85. The molecule has 5 nitrogen and oxygen atoms in total. The predicted molar refractivity (Wildman–Crippen MR) is 70.5 cm³/mol. The summed E-state index contributed by atoms with van der Waals surface area (Å²) in [6, 6.07) is 6.14. The minimum Gasteiger partial charge on any atom is -0.435 e. The lowest BCUT2D eigenvalue weighted by Gasteiger charge is -2.12. The fourth-order valence-corrected chi connectivity index (χ4v) is 1.72. The van der Waals surface area contributed by atoms with Crippen LogP contribution in [0, 0.1) is 0 Å². The number of rotatable bonds is 4. The highest BCUT2D eigenvalue weighted by Crippen LogP contribution is 2.17. The van der Waals surface area contributed by atoms with Gasteiger partial charge in [-0.15, -0.1) is 11.6 Å². The van der Waals surface area contributed by atoms with Crippen LogP contribution in [-0.2, 0) is 11.3 Å². The molecule has 0 aromatic heterocycles. The number of amides is 1. The second-order valence-corrected chi connectivity index (χ2v) is 4.30. The van der Waals surface area contributed by atoms with Crippen LogP contribution in [0.1, 0.15) is 5.56 Å². The van der Waals surface area contributed by atoms with E-state index in [2.05, 4.69) is 20.3 Å². The molecule has 1 N–H and O–H groups in total. The highest BCUT2D eigenvalue weighted by atomic mass is 35.5. The van der Waals surface area contributed by atoms with Gasteiger partial charge in [-0.3, -0.25) is 9.79 Å². The molecule has 8 heteroatoms. The van der Waals surface area contributed by atoms with Gasteiger partial charge in [0.1, 0.15) is 5.75 Å². The topological polar surface area (TPSA) is 63.0 Å². The van der Waals surface area contributed by atoms with E-state index in [4.69, 9.17) is 11.6 Å². The number of aliphatic imine (C=N–C) groups is 1. The smallest absolute Gasteiger partial charge is 0.387 e. The van der Waals surface area contributed by atoms with E-state index < -0.39 is 17.9 Å². The van der Waals surface area contributed by atoms with Crippen molar-refractivity contribution in [2.24, 2.45) is 10.1 Å². The van der Waals surface area contributed by atoms with Crippen molar-refractivity contribution in [3.05, 3.63) is 29.8 Å². The molecule has 1 amide bonds. The molecule has 0 saturated carbocycles. The lowest BCUT2D eigenvalue weighted by atomic mass is 10.2. The van der Waals surface area contributed by atoms with Gasteiger partial charge in [-0.2, -0.15) is 13.9 Å². The summed E-state index contributed by atoms with van der Waals surface area (Å²) in [5.74, 6) is -0.405. The van der Waals surface area contributed by atoms with Crippen molar-refractivity contribution in [1.29, 1.82) is 0 Å². The Hall–Kier alpha value is -2.02. The largest absolute Gasteiger partial charge is 0.435 e. The number of hydrogen-bond donors (Lipinski definition) is 1. The van der Waals surface area contributed by atoms with E-state index in [1.807, 2.05) is 0 Å². The first-order valence-electron chi connectivity index (χ1n) is 5.61. The molecule has 0 aliphatic carbocycles. The van der Waals surface area contributed by atoms with Gasteiger partial charge in [-0.25, -0.2) is 5.43 Å². The van der Waals surface area contributed by atoms with Crippen LogP contribution < -0.4 is 10.2 Å². The van der Waals surface area contributed by atoms with Crippen molar-refractivity contribution >= 4 is 29.4 Å². The molecular weight excluding hydrogens is 292 g/mol. The Bertz CT molecular complexity index is 563. The van der Waals surface area contributed by atoms with Gasteiger partial charge >= 0.3 is 6.61 Å². The van der Waals surface area contributed by atoms with E-state index in [0.717, 1.165) is 0 Å². The average Bonchev–Trinajstić information content (AvgIpc) is 2.40. The van der Waals surface area contributed by atoms with Gasteiger partial charge < -0.3 is 4.74 Å². The fourth-order valence-electron chi connectivity index (χ4n) is 1.54. The molecule has 0 radical (unpaired) electrons. The van der Waals surface area contributed by atoms with Crippen molar-refractivity contribution in [3.8, 4) is 5.75 Å². The van der Waals surface area contributed by atoms with E-state index in [9.17, 15) is 13.6 Å². The molecule has 1 heterocycles. The number of hydrazone groups is 1. The second kappa shape index (κ2) is 6.42. The van der Waals surface area contributed by atoms with Gasteiger partial charge in [0.25, 0.3) is 5.91 Å². The third kappa shape index (κ3) is 3.74. The molecular formula is C12H10ClF2N3O2. The van der Waals surface area contributed by atoms with Gasteiger partial charge in [-0.05, 0) is 17.7 Å². The monoisotopic (exact) mass is 301 g/mol. The Kier molecular flexibility index (Phi) is 4.62. The van der Waals surface area contributed by atoms with E-state index in [1.54, 1.807) is 12.1 Å². The minimum absolute atomic E-state index is 0.0511. The molecule has 106 valence electrons. The lowest BCUT2D eigenvalue weighted by molar-refractivity contribution is -0.119. The maximum absolute atomic E-state index is 12.1. The number of carbonyl (C=O) groups excluding carboxylic acids is 1. The maximum Gasteiger partial charge on any atom is 0.387 e. The lowest BCUT2D eigenvalue weighted by Crippen LogP contribution is -2.39. The molecule has 1 atom stereocenters. The number of benzene rings is 1. The number of alkyl halides is 3. The van der Waals surface area contributed by atoms with Crippen LogP contribution >= 0.6 is 11.6 Å². The van der Waals surface area contributed by atoms with Gasteiger partial charge in [0, 0.05) is 0 Å². The summed E-state index contributed by atoms with van der Waals surface area (Å²) < 4.78 is 28.5. The molecule has 1 aliphatic rings. The van der Waals surface area contributed by atoms with E-state index in [0.29, 0.717) is 11.3 Å². The summed E-state index contributed by atoms with van der Waals surface area (Å²) in [7, 11) is 0. The first kappa shape index (κ1) is 14.4. The SMILES string of the molecule is O=C1NN=CC(=NCc2cccc(OC(F)F)c2)C1Cl. The highest BCUT2D eigenvalue weighted by molar-refractivity contribution is 6.54. The summed E-state index contributed by atoms with van der Waals surface area (Å²) >= 11 is 5.84. The van der Waals surface area contributed by atoms with Crippen molar-refractivity contribution in [1.82, 2.24) is 5.43 Å². The van der Waals surface area contributed by atoms with E-state index in [-0.39, 0.29) is 12.3 Å². The molecule has 20 heavy (non-hydrogen) atoms. The number of nitrogens with one attached hydrogen (secondary N) is 1. The zero-order chi connectivity index (χ0) is 14.5. The molecule has 1 aromatic rings.